The van der Waals surface area contributed by atoms with Gasteiger partial charge in [-0.3, -0.25) is 10.1 Å². The van der Waals surface area contributed by atoms with Crippen molar-refractivity contribution in [2.75, 3.05) is 0 Å². The summed E-state index contributed by atoms with van der Waals surface area (Å²) in [6.07, 6.45) is 0.832. The smallest absolute Gasteiger partial charge is 0.336 e. The highest BCUT2D eigenvalue weighted by Crippen LogP contribution is 2.30. The van der Waals surface area contributed by atoms with Crippen LogP contribution in [-0.4, -0.2) is 4.92 Å². The predicted octanol–water partition coefficient (Wildman–Crippen LogP) is 4.50. The topological polar surface area (TPSA) is 82.6 Å². The molecule has 3 aromatic rings. The van der Waals surface area contributed by atoms with Crippen LogP contribution in [0.4, 0.5) is 5.69 Å². The van der Waals surface area contributed by atoms with Crippen LogP contribution in [0.5, 0.6) is 5.75 Å². The van der Waals surface area contributed by atoms with Crippen molar-refractivity contribution in [3.05, 3.63) is 79.1 Å². The summed E-state index contributed by atoms with van der Waals surface area (Å²) in [5.41, 5.74) is 1.64. The van der Waals surface area contributed by atoms with Crippen molar-refractivity contribution in [3.8, 4) is 5.75 Å². The minimum atomic E-state index is -0.531. The Kier molecular flexibility index (Phi) is 4.72. The van der Waals surface area contributed by atoms with Crippen molar-refractivity contribution >= 4 is 28.3 Å². The molecular formula is C18H14ClNO5. The van der Waals surface area contributed by atoms with Crippen LogP contribution in [-0.2, 0) is 13.0 Å². The van der Waals surface area contributed by atoms with Gasteiger partial charge in [-0.05, 0) is 24.1 Å². The third kappa shape index (κ3) is 3.64. The molecule has 1 aromatic heterocycles. The van der Waals surface area contributed by atoms with Crippen molar-refractivity contribution in [2.24, 2.45) is 0 Å². The molecule has 2 aromatic carbocycles. The lowest BCUT2D eigenvalue weighted by atomic mass is 10.1. The highest BCUT2D eigenvalue weighted by atomic mass is 35.5. The number of fused-ring (bicyclic) bond motifs is 1. The number of nitrogens with zero attached hydrogens (tertiary/aromatic N) is 1. The maximum Gasteiger partial charge on any atom is 0.336 e. The minimum absolute atomic E-state index is 0.0884. The summed E-state index contributed by atoms with van der Waals surface area (Å²) in [5.74, 6) is 0.304. The fourth-order valence-corrected chi connectivity index (χ4v) is 2.72. The average Bonchev–Trinajstić information content (AvgIpc) is 2.59. The highest BCUT2D eigenvalue weighted by molar-refractivity contribution is 6.32. The SMILES string of the molecule is CCc1ccc2c(COc3ccc([N+](=O)[O-])cc3Cl)cc(=O)oc2c1. The van der Waals surface area contributed by atoms with E-state index < -0.39 is 10.5 Å². The minimum Gasteiger partial charge on any atom is -0.487 e. The largest absolute Gasteiger partial charge is 0.487 e. The van der Waals surface area contributed by atoms with Crippen molar-refractivity contribution in [3.63, 3.8) is 0 Å². The molecule has 0 aliphatic rings. The molecule has 0 unspecified atom stereocenters. The third-order valence-electron chi connectivity index (χ3n) is 3.81. The predicted molar refractivity (Wildman–Crippen MR) is 94.3 cm³/mol. The van der Waals surface area contributed by atoms with Crippen LogP contribution in [0, 0.1) is 10.1 Å². The summed E-state index contributed by atoms with van der Waals surface area (Å²) >= 11 is 6.02. The van der Waals surface area contributed by atoms with Gasteiger partial charge in [-0.1, -0.05) is 30.7 Å². The molecule has 0 saturated carbocycles. The number of nitro benzene ring substituents is 1. The standard InChI is InChI=1S/C18H14ClNO5/c1-2-11-3-5-14-12(8-18(21)25-17(14)7-11)10-24-16-6-4-13(20(22)23)9-15(16)19/h3-9H,2,10H2,1H3. The molecule has 0 bridgehead atoms. The molecule has 25 heavy (non-hydrogen) atoms. The van der Waals surface area contributed by atoms with Gasteiger partial charge < -0.3 is 9.15 Å². The molecular weight excluding hydrogens is 346 g/mol. The Hall–Kier alpha value is -2.86. The number of hydrogen-bond acceptors (Lipinski definition) is 5. The number of rotatable bonds is 5. The van der Waals surface area contributed by atoms with Crippen molar-refractivity contribution in [2.45, 2.75) is 20.0 Å². The number of ether oxygens (including phenoxy) is 1. The van der Waals surface area contributed by atoms with E-state index in [4.69, 9.17) is 20.8 Å². The molecule has 0 aliphatic carbocycles. The van der Waals surface area contributed by atoms with Crippen molar-refractivity contribution < 1.29 is 14.1 Å². The van der Waals surface area contributed by atoms with Crippen LogP contribution in [0.3, 0.4) is 0 Å². The third-order valence-corrected chi connectivity index (χ3v) is 4.11. The number of halogens is 1. The van der Waals surface area contributed by atoms with Gasteiger partial charge in [0.2, 0.25) is 0 Å². The molecule has 128 valence electrons. The van der Waals surface area contributed by atoms with E-state index >= 15 is 0 Å². The van der Waals surface area contributed by atoms with Gasteiger partial charge in [0.15, 0.2) is 0 Å². The zero-order valence-electron chi connectivity index (χ0n) is 13.3. The molecule has 6 nitrogen and oxygen atoms in total. The fourth-order valence-electron chi connectivity index (χ4n) is 2.49. The van der Waals surface area contributed by atoms with Crippen LogP contribution >= 0.6 is 11.6 Å². The molecule has 0 N–H and O–H groups in total. The van der Waals surface area contributed by atoms with Gasteiger partial charge in [0.05, 0.1) is 9.95 Å². The molecule has 3 rings (SSSR count). The quantitative estimate of drug-likeness (QED) is 0.380. The zero-order chi connectivity index (χ0) is 18.0. The second-order valence-corrected chi connectivity index (χ2v) is 5.84. The molecule has 0 saturated heterocycles. The Morgan fingerprint density at radius 1 is 1.20 bits per heavy atom. The van der Waals surface area contributed by atoms with Crippen LogP contribution in [0.1, 0.15) is 18.1 Å². The van der Waals surface area contributed by atoms with E-state index in [2.05, 4.69) is 0 Å². The Labute approximate surface area is 147 Å². The van der Waals surface area contributed by atoms with Gasteiger partial charge in [-0.25, -0.2) is 4.79 Å². The van der Waals surface area contributed by atoms with E-state index in [-0.39, 0.29) is 17.3 Å². The summed E-state index contributed by atoms with van der Waals surface area (Å²) in [5, 5.41) is 11.6. The first-order chi connectivity index (χ1) is 12.0. The molecule has 7 heteroatoms. The Balaban J connectivity index is 1.91. The molecule has 0 atom stereocenters. The van der Waals surface area contributed by atoms with E-state index in [0.29, 0.717) is 16.9 Å². The average molecular weight is 360 g/mol. The van der Waals surface area contributed by atoms with Gasteiger partial charge in [0.1, 0.15) is 17.9 Å². The Bertz CT molecular complexity index is 1010. The Morgan fingerprint density at radius 3 is 2.68 bits per heavy atom. The van der Waals surface area contributed by atoms with Crippen molar-refractivity contribution in [1.82, 2.24) is 0 Å². The van der Waals surface area contributed by atoms with E-state index in [0.717, 1.165) is 17.4 Å². The van der Waals surface area contributed by atoms with Crippen LogP contribution < -0.4 is 10.4 Å². The number of nitro groups is 1. The van der Waals surface area contributed by atoms with Crippen molar-refractivity contribution in [1.29, 1.82) is 0 Å². The normalized spacial score (nSPS) is 10.8. The monoisotopic (exact) mass is 359 g/mol. The fraction of sp³-hybridized carbons (Fsp3) is 0.167. The Morgan fingerprint density at radius 2 is 2.00 bits per heavy atom. The lowest BCUT2D eigenvalue weighted by Crippen LogP contribution is -2.04. The molecule has 0 spiro atoms. The summed E-state index contributed by atoms with van der Waals surface area (Å²) in [6, 6.07) is 11.0. The summed E-state index contributed by atoms with van der Waals surface area (Å²) in [4.78, 5) is 22.0. The first kappa shape index (κ1) is 17.0. The maximum absolute atomic E-state index is 11.8. The second kappa shape index (κ2) is 6.94. The number of benzene rings is 2. The van der Waals surface area contributed by atoms with Gasteiger partial charge in [0.25, 0.3) is 5.69 Å². The molecule has 0 fully saturated rings. The lowest BCUT2D eigenvalue weighted by Gasteiger charge is -2.10. The highest BCUT2D eigenvalue weighted by Gasteiger charge is 2.12. The van der Waals surface area contributed by atoms with Gasteiger partial charge >= 0.3 is 5.63 Å². The summed E-state index contributed by atoms with van der Waals surface area (Å²) < 4.78 is 10.9. The van der Waals surface area contributed by atoms with Gasteiger partial charge in [-0.2, -0.15) is 0 Å². The van der Waals surface area contributed by atoms with E-state index in [1.807, 2.05) is 25.1 Å². The van der Waals surface area contributed by atoms with Crippen LogP contribution in [0.15, 0.2) is 51.7 Å². The number of aryl methyl sites for hydroxylation is 1. The molecule has 1 heterocycles. The zero-order valence-corrected chi connectivity index (χ0v) is 14.1. The number of hydrogen-bond donors (Lipinski definition) is 0. The van der Waals surface area contributed by atoms with Crippen LogP contribution in [0.2, 0.25) is 5.02 Å². The molecule has 0 radical (unpaired) electrons. The van der Waals surface area contributed by atoms with Gasteiger partial charge in [0, 0.05) is 29.1 Å². The summed E-state index contributed by atoms with van der Waals surface area (Å²) in [6.45, 7) is 2.11. The van der Waals surface area contributed by atoms with Crippen LogP contribution in [0.25, 0.3) is 11.0 Å². The second-order valence-electron chi connectivity index (χ2n) is 5.44. The van der Waals surface area contributed by atoms with E-state index in [1.165, 1.54) is 24.3 Å². The number of non-ortho nitro benzene ring substituents is 1. The van der Waals surface area contributed by atoms with Gasteiger partial charge in [-0.15, -0.1) is 0 Å². The first-order valence-electron chi connectivity index (χ1n) is 7.60. The molecule has 0 aliphatic heterocycles. The lowest BCUT2D eigenvalue weighted by molar-refractivity contribution is -0.384. The van der Waals surface area contributed by atoms with E-state index in [9.17, 15) is 14.9 Å². The summed E-state index contributed by atoms with van der Waals surface area (Å²) in [7, 11) is 0. The van der Waals surface area contributed by atoms with E-state index in [1.54, 1.807) is 0 Å². The first-order valence-corrected chi connectivity index (χ1v) is 7.98. The molecule has 0 amide bonds. The maximum atomic E-state index is 11.8.